The van der Waals surface area contributed by atoms with E-state index in [4.69, 9.17) is 0 Å². The average Bonchev–Trinajstić information content (AvgIpc) is 2.29. The lowest BCUT2D eigenvalue weighted by Crippen LogP contribution is -2.42. The molecular formula is C11H20N4O2S. The van der Waals surface area contributed by atoms with E-state index in [0.717, 1.165) is 0 Å². The molecule has 1 heterocycles. The second-order valence-electron chi connectivity index (χ2n) is 4.62. The summed E-state index contributed by atoms with van der Waals surface area (Å²) in [6, 6.07) is 0. The lowest BCUT2D eigenvalue weighted by Gasteiger charge is -2.23. The maximum absolute atomic E-state index is 12.1. The molecule has 0 amide bonds. The fourth-order valence-corrected chi connectivity index (χ4v) is 2.57. The van der Waals surface area contributed by atoms with E-state index < -0.39 is 15.6 Å². The molecule has 0 bridgehead atoms. The first-order chi connectivity index (χ1) is 8.30. The molecule has 1 rings (SSSR count). The normalized spacial score (nSPS) is 12.4. The van der Waals surface area contributed by atoms with E-state index in [1.165, 1.54) is 12.4 Å². The number of nitrogens with one attached hydrogen (secondary N) is 2. The van der Waals surface area contributed by atoms with Crippen molar-refractivity contribution in [2.75, 3.05) is 11.9 Å². The average molecular weight is 272 g/mol. The van der Waals surface area contributed by atoms with Gasteiger partial charge in [-0.2, -0.15) is 0 Å². The molecule has 0 fully saturated rings. The Morgan fingerprint density at radius 2 is 1.78 bits per heavy atom. The van der Waals surface area contributed by atoms with Crippen LogP contribution in [-0.4, -0.2) is 30.5 Å². The highest BCUT2D eigenvalue weighted by Gasteiger charge is 2.25. The van der Waals surface area contributed by atoms with Crippen LogP contribution in [0.2, 0.25) is 0 Å². The van der Waals surface area contributed by atoms with Crippen molar-refractivity contribution in [2.24, 2.45) is 0 Å². The van der Waals surface area contributed by atoms with Gasteiger partial charge in [-0.05, 0) is 27.2 Å². The summed E-state index contributed by atoms with van der Waals surface area (Å²) in [4.78, 5) is 7.97. The van der Waals surface area contributed by atoms with Gasteiger partial charge in [0.05, 0.1) is 12.4 Å². The summed E-state index contributed by atoms with van der Waals surface area (Å²) in [5, 5.41) is 2.91. The molecule has 0 aromatic carbocycles. The summed E-state index contributed by atoms with van der Waals surface area (Å²) in [6.45, 7) is 8.19. The maximum Gasteiger partial charge on any atom is 0.244 e. The van der Waals surface area contributed by atoms with Crippen LogP contribution in [0.4, 0.5) is 5.95 Å². The Hall–Kier alpha value is -1.21. The monoisotopic (exact) mass is 272 g/mol. The fourth-order valence-electron chi connectivity index (χ4n) is 1.20. The molecule has 0 atom stereocenters. The first-order valence-corrected chi connectivity index (χ1v) is 7.39. The first-order valence-electron chi connectivity index (χ1n) is 5.90. The Balaban J connectivity index is 2.92. The Kier molecular flexibility index (Phi) is 4.64. The van der Waals surface area contributed by atoms with Crippen molar-refractivity contribution >= 4 is 16.0 Å². The van der Waals surface area contributed by atoms with Gasteiger partial charge in [0.2, 0.25) is 16.0 Å². The topological polar surface area (TPSA) is 84.0 Å². The molecule has 18 heavy (non-hydrogen) atoms. The second-order valence-corrected chi connectivity index (χ2v) is 6.30. The van der Waals surface area contributed by atoms with E-state index in [-0.39, 0.29) is 4.90 Å². The van der Waals surface area contributed by atoms with Crippen molar-refractivity contribution in [3.63, 3.8) is 0 Å². The molecule has 1 aromatic heterocycles. The summed E-state index contributed by atoms with van der Waals surface area (Å²) < 4.78 is 26.8. The summed E-state index contributed by atoms with van der Waals surface area (Å²) in [6.07, 6.45) is 3.31. The first kappa shape index (κ1) is 14.8. The Bertz CT molecular complexity index is 482. The van der Waals surface area contributed by atoms with E-state index in [1.54, 1.807) is 0 Å². The molecule has 0 saturated carbocycles. The third-order valence-corrected chi connectivity index (χ3v) is 4.22. The third-order valence-electron chi connectivity index (χ3n) is 2.57. The van der Waals surface area contributed by atoms with Crippen LogP contribution in [0.1, 0.15) is 34.1 Å². The van der Waals surface area contributed by atoms with Gasteiger partial charge in [0.25, 0.3) is 0 Å². The molecule has 0 unspecified atom stereocenters. The minimum absolute atomic E-state index is 0.0747. The number of sulfonamides is 1. The summed E-state index contributed by atoms with van der Waals surface area (Å²) in [5.74, 6) is 0.422. The molecule has 0 aliphatic rings. The fraction of sp³-hybridized carbons (Fsp3) is 0.636. The van der Waals surface area contributed by atoms with Gasteiger partial charge in [0.1, 0.15) is 4.90 Å². The molecule has 7 heteroatoms. The molecule has 0 radical (unpaired) electrons. The standard InChI is InChI=1S/C11H20N4O2S/c1-5-11(3,4)15-18(16,17)9-7-13-10(12-6-2)14-8-9/h7-8,15H,5-6H2,1-4H3,(H,12,13,14). The molecule has 102 valence electrons. The summed E-state index contributed by atoms with van der Waals surface area (Å²) in [5.41, 5.74) is -0.487. The van der Waals surface area contributed by atoms with Crippen LogP contribution in [-0.2, 0) is 10.0 Å². The van der Waals surface area contributed by atoms with Crippen LogP contribution in [0, 0.1) is 0 Å². The van der Waals surface area contributed by atoms with Crippen LogP contribution in [0.15, 0.2) is 17.3 Å². The smallest absolute Gasteiger partial charge is 0.244 e. The van der Waals surface area contributed by atoms with Gasteiger partial charge in [-0.3, -0.25) is 0 Å². The molecule has 0 aliphatic heterocycles. The molecule has 0 saturated heterocycles. The number of anilines is 1. The van der Waals surface area contributed by atoms with Crippen molar-refractivity contribution in [3.8, 4) is 0 Å². The molecule has 6 nitrogen and oxygen atoms in total. The SMILES string of the molecule is CCNc1ncc(S(=O)(=O)NC(C)(C)CC)cn1. The Morgan fingerprint density at radius 1 is 1.22 bits per heavy atom. The van der Waals surface area contributed by atoms with E-state index in [9.17, 15) is 8.42 Å². The van der Waals surface area contributed by atoms with E-state index in [0.29, 0.717) is 18.9 Å². The van der Waals surface area contributed by atoms with Crippen LogP contribution in [0.5, 0.6) is 0 Å². The number of hydrogen-bond acceptors (Lipinski definition) is 5. The van der Waals surface area contributed by atoms with Crippen molar-refractivity contribution in [1.82, 2.24) is 14.7 Å². The summed E-state index contributed by atoms with van der Waals surface area (Å²) in [7, 11) is -3.56. The zero-order valence-corrected chi connectivity index (χ0v) is 12.0. The van der Waals surface area contributed by atoms with Crippen molar-refractivity contribution in [1.29, 1.82) is 0 Å². The highest BCUT2D eigenvalue weighted by molar-refractivity contribution is 7.89. The molecule has 1 aromatic rings. The van der Waals surface area contributed by atoms with Crippen LogP contribution < -0.4 is 10.0 Å². The zero-order valence-electron chi connectivity index (χ0n) is 11.2. The minimum atomic E-state index is -3.56. The highest BCUT2D eigenvalue weighted by atomic mass is 32.2. The van der Waals surface area contributed by atoms with Crippen molar-refractivity contribution in [3.05, 3.63) is 12.4 Å². The highest BCUT2D eigenvalue weighted by Crippen LogP contribution is 2.14. The van der Waals surface area contributed by atoms with Crippen LogP contribution >= 0.6 is 0 Å². The predicted molar refractivity (Wildman–Crippen MR) is 70.9 cm³/mol. The quantitative estimate of drug-likeness (QED) is 0.817. The van der Waals surface area contributed by atoms with Gasteiger partial charge in [0.15, 0.2) is 0 Å². The number of nitrogens with zero attached hydrogens (tertiary/aromatic N) is 2. The van der Waals surface area contributed by atoms with Gasteiger partial charge < -0.3 is 5.32 Å². The van der Waals surface area contributed by atoms with Gasteiger partial charge in [0, 0.05) is 12.1 Å². The second kappa shape index (κ2) is 5.62. The minimum Gasteiger partial charge on any atom is -0.355 e. The Labute approximate surface area is 108 Å². The van der Waals surface area contributed by atoms with E-state index in [2.05, 4.69) is 20.0 Å². The Morgan fingerprint density at radius 3 is 2.22 bits per heavy atom. The third kappa shape index (κ3) is 3.92. The van der Waals surface area contributed by atoms with Crippen LogP contribution in [0.25, 0.3) is 0 Å². The van der Waals surface area contributed by atoms with E-state index >= 15 is 0 Å². The molecular weight excluding hydrogens is 252 g/mol. The summed E-state index contributed by atoms with van der Waals surface area (Å²) >= 11 is 0. The van der Waals surface area contributed by atoms with Gasteiger partial charge in [-0.25, -0.2) is 23.1 Å². The predicted octanol–water partition coefficient (Wildman–Crippen LogP) is 1.38. The van der Waals surface area contributed by atoms with Gasteiger partial charge >= 0.3 is 0 Å². The van der Waals surface area contributed by atoms with Gasteiger partial charge in [-0.1, -0.05) is 6.92 Å². The van der Waals surface area contributed by atoms with Crippen LogP contribution in [0.3, 0.4) is 0 Å². The lowest BCUT2D eigenvalue weighted by molar-refractivity contribution is 0.439. The largest absolute Gasteiger partial charge is 0.355 e. The molecule has 0 spiro atoms. The lowest BCUT2D eigenvalue weighted by atomic mass is 10.0. The van der Waals surface area contributed by atoms with E-state index in [1.807, 2.05) is 27.7 Å². The molecule has 0 aliphatic carbocycles. The molecule has 2 N–H and O–H groups in total. The maximum atomic E-state index is 12.1. The van der Waals surface area contributed by atoms with Crippen molar-refractivity contribution in [2.45, 2.75) is 44.6 Å². The van der Waals surface area contributed by atoms with Crippen molar-refractivity contribution < 1.29 is 8.42 Å². The zero-order chi connectivity index (χ0) is 13.8. The van der Waals surface area contributed by atoms with Gasteiger partial charge in [-0.15, -0.1) is 0 Å². The number of rotatable bonds is 6. The number of aromatic nitrogens is 2. The number of hydrogen-bond donors (Lipinski definition) is 2.